The van der Waals surface area contributed by atoms with Crippen LogP contribution in [-0.4, -0.2) is 23.3 Å². The summed E-state index contributed by atoms with van der Waals surface area (Å²) in [4.78, 5) is 22.5. The zero-order valence-corrected chi connectivity index (χ0v) is 13.5. The van der Waals surface area contributed by atoms with Gasteiger partial charge in [-0.2, -0.15) is 0 Å². The number of aromatic nitrogens is 2. The van der Waals surface area contributed by atoms with E-state index >= 15 is 0 Å². The van der Waals surface area contributed by atoms with Gasteiger partial charge in [0.2, 0.25) is 0 Å². The Kier molecular flexibility index (Phi) is 4.54. The van der Waals surface area contributed by atoms with Gasteiger partial charge in [0, 0.05) is 21.8 Å². The van der Waals surface area contributed by atoms with Gasteiger partial charge in [-0.15, -0.1) is 11.3 Å². The lowest BCUT2D eigenvalue weighted by Gasteiger charge is -2.19. The van der Waals surface area contributed by atoms with Gasteiger partial charge >= 0.3 is 0 Å². The van der Waals surface area contributed by atoms with Gasteiger partial charge in [0.25, 0.3) is 0 Å². The van der Waals surface area contributed by atoms with Crippen LogP contribution in [0.3, 0.4) is 0 Å². The Morgan fingerprint density at radius 3 is 2.84 bits per heavy atom. The van der Waals surface area contributed by atoms with Crippen molar-refractivity contribution in [1.82, 2.24) is 9.97 Å². The summed E-state index contributed by atoms with van der Waals surface area (Å²) in [6.07, 6.45) is 0.692. The number of carbonyl (C=O) groups is 1. The largest absolute Gasteiger partial charge is 0.354 e. The van der Waals surface area contributed by atoms with Gasteiger partial charge in [-0.3, -0.25) is 4.79 Å². The minimum absolute atomic E-state index is 0.191. The van der Waals surface area contributed by atoms with Crippen LogP contribution in [-0.2, 0) is 6.54 Å². The first-order valence-electron chi connectivity index (χ1n) is 5.44. The van der Waals surface area contributed by atoms with E-state index in [2.05, 4.69) is 25.9 Å². The maximum Gasteiger partial charge on any atom is 0.156 e. The zero-order valence-electron chi connectivity index (χ0n) is 10.4. The first-order valence-corrected chi connectivity index (χ1v) is 7.49. The van der Waals surface area contributed by atoms with Crippen LogP contribution in [0.5, 0.6) is 0 Å². The van der Waals surface area contributed by atoms with E-state index in [1.165, 1.54) is 4.88 Å². The molecule has 100 valence electrons. The second kappa shape index (κ2) is 5.98. The number of hydrogen-bond donors (Lipinski definition) is 0. The number of nitrogens with zero attached hydrogens (tertiary/aromatic N) is 3. The molecule has 2 aromatic rings. The molecule has 0 unspecified atom stereocenters. The lowest BCUT2D eigenvalue weighted by Crippen LogP contribution is -2.20. The molecular formula is C12H11BrClN3OS. The number of thiophene rings is 1. The van der Waals surface area contributed by atoms with Gasteiger partial charge in [0.05, 0.1) is 12.1 Å². The topological polar surface area (TPSA) is 46.1 Å². The van der Waals surface area contributed by atoms with Crippen LogP contribution in [0.25, 0.3) is 0 Å². The predicted octanol–water partition coefficient (Wildman–Crippen LogP) is 3.71. The van der Waals surface area contributed by atoms with Crippen molar-refractivity contribution in [2.24, 2.45) is 0 Å². The number of halogens is 2. The van der Waals surface area contributed by atoms with Gasteiger partial charge in [-0.25, -0.2) is 9.97 Å². The first-order chi connectivity index (χ1) is 9.01. The van der Waals surface area contributed by atoms with Crippen LogP contribution in [0.4, 0.5) is 5.82 Å². The smallest absolute Gasteiger partial charge is 0.156 e. The van der Waals surface area contributed by atoms with Gasteiger partial charge in [-0.05, 0) is 28.9 Å². The Morgan fingerprint density at radius 2 is 2.26 bits per heavy atom. The zero-order chi connectivity index (χ0) is 14.0. The molecule has 2 rings (SSSR count). The van der Waals surface area contributed by atoms with Crippen LogP contribution >= 0.6 is 38.9 Å². The van der Waals surface area contributed by atoms with Crippen LogP contribution in [0.15, 0.2) is 15.9 Å². The Morgan fingerprint density at radius 1 is 1.53 bits per heavy atom. The summed E-state index contributed by atoms with van der Waals surface area (Å²) in [5, 5.41) is 2.21. The third-order valence-corrected chi connectivity index (χ3v) is 4.46. The third-order valence-electron chi connectivity index (χ3n) is 2.49. The minimum atomic E-state index is 0.191. The standard InChI is InChI=1S/C12H11BrClN3OS/c1-7-15-11(14)10(5-18)12(16-7)17(2)4-9-3-8(13)6-19-9/h3,5-6H,4H2,1-2H3. The molecule has 7 heteroatoms. The second-order valence-corrected chi connectivity index (χ2v) is 6.27. The molecule has 0 saturated heterocycles. The molecule has 0 amide bonds. The van der Waals surface area contributed by atoms with Gasteiger partial charge < -0.3 is 4.90 Å². The fourth-order valence-electron chi connectivity index (χ4n) is 1.67. The molecule has 0 aliphatic carbocycles. The molecule has 2 aromatic heterocycles. The number of hydrogen-bond acceptors (Lipinski definition) is 5. The van der Waals surface area contributed by atoms with Crippen molar-refractivity contribution < 1.29 is 4.79 Å². The summed E-state index contributed by atoms with van der Waals surface area (Å²) in [7, 11) is 1.87. The van der Waals surface area contributed by atoms with Crippen LogP contribution in [0, 0.1) is 6.92 Å². The second-order valence-electron chi connectivity index (χ2n) is 4.00. The summed E-state index contributed by atoms with van der Waals surface area (Å²) in [6, 6.07) is 2.04. The summed E-state index contributed by atoms with van der Waals surface area (Å²) in [5.41, 5.74) is 0.324. The normalized spacial score (nSPS) is 10.5. The molecule has 0 spiro atoms. The maximum atomic E-state index is 11.1. The van der Waals surface area contributed by atoms with E-state index < -0.39 is 0 Å². The van der Waals surface area contributed by atoms with Crippen molar-refractivity contribution in [3.8, 4) is 0 Å². The highest BCUT2D eigenvalue weighted by molar-refractivity contribution is 9.10. The molecule has 2 heterocycles. The maximum absolute atomic E-state index is 11.1. The number of anilines is 1. The fourth-order valence-corrected chi connectivity index (χ4v) is 3.43. The average Bonchev–Trinajstić information content (AvgIpc) is 2.73. The van der Waals surface area contributed by atoms with Crippen LogP contribution < -0.4 is 4.90 Å². The van der Waals surface area contributed by atoms with Crippen molar-refractivity contribution in [2.75, 3.05) is 11.9 Å². The van der Waals surface area contributed by atoms with E-state index in [-0.39, 0.29) is 5.15 Å². The molecule has 0 saturated carbocycles. The number of aldehydes is 1. The molecule has 19 heavy (non-hydrogen) atoms. The van der Waals surface area contributed by atoms with Gasteiger partial charge in [0.15, 0.2) is 6.29 Å². The van der Waals surface area contributed by atoms with Crippen LogP contribution in [0.1, 0.15) is 21.1 Å². The average molecular weight is 361 g/mol. The monoisotopic (exact) mass is 359 g/mol. The first kappa shape index (κ1) is 14.4. The van der Waals surface area contributed by atoms with Gasteiger partial charge in [0.1, 0.15) is 16.8 Å². The minimum Gasteiger partial charge on any atom is -0.354 e. The molecule has 0 aliphatic heterocycles. The van der Waals surface area contributed by atoms with E-state index in [0.29, 0.717) is 30.0 Å². The molecule has 0 bridgehead atoms. The van der Waals surface area contributed by atoms with Crippen molar-refractivity contribution in [3.63, 3.8) is 0 Å². The summed E-state index contributed by atoms with van der Waals surface area (Å²) >= 11 is 11.0. The molecule has 0 fully saturated rings. The van der Waals surface area contributed by atoms with Crippen molar-refractivity contribution in [3.05, 3.63) is 37.3 Å². The number of aryl methyl sites for hydroxylation is 1. The molecular weight excluding hydrogens is 350 g/mol. The lowest BCUT2D eigenvalue weighted by molar-refractivity contribution is 0.112. The Balaban J connectivity index is 2.32. The van der Waals surface area contributed by atoms with E-state index in [0.717, 1.165) is 4.47 Å². The number of rotatable bonds is 4. The molecule has 0 aromatic carbocycles. The molecule has 0 atom stereocenters. The van der Waals surface area contributed by atoms with E-state index in [9.17, 15) is 4.79 Å². The summed E-state index contributed by atoms with van der Waals surface area (Å²) in [5.74, 6) is 1.10. The van der Waals surface area contributed by atoms with Crippen molar-refractivity contribution in [1.29, 1.82) is 0 Å². The molecule has 0 aliphatic rings. The van der Waals surface area contributed by atoms with Crippen molar-refractivity contribution in [2.45, 2.75) is 13.5 Å². The highest BCUT2D eigenvalue weighted by Crippen LogP contribution is 2.26. The summed E-state index contributed by atoms with van der Waals surface area (Å²) < 4.78 is 1.05. The Labute approximate surface area is 128 Å². The number of carbonyl (C=O) groups excluding carboxylic acids is 1. The Hall–Kier alpha value is -0.980. The fraction of sp³-hybridized carbons (Fsp3) is 0.250. The predicted molar refractivity (Wildman–Crippen MR) is 81.3 cm³/mol. The quantitative estimate of drug-likeness (QED) is 0.616. The summed E-state index contributed by atoms with van der Waals surface area (Å²) in [6.45, 7) is 2.41. The van der Waals surface area contributed by atoms with Crippen molar-refractivity contribution >= 4 is 51.0 Å². The molecule has 0 radical (unpaired) electrons. The highest BCUT2D eigenvalue weighted by atomic mass is 79.9. The third kappa shape index (κ3) is 3.32. The SMILES string of the molecule is Cc1nc(Cl)c(C=O)c(N(C)Cc2cc(Br)cs2)n1. The Bertz CT molecular complexity index is 617. The molecule has 0 N–H and O–H groups in total. The lowest BCUT2D eigenvalue weighted by atomic mass is 10.3. The molecule has 4 nitrogen and oxygen atoms in total. The van der Waals surface area contributed by atoms with E-state index in [1.54, 1.807) is 18.3 Å². The van der Waals surface area contributed by atoms with E-state index in [1.807, 2.05) is 23.4 Å². The van der Waals surface area contributed by atoms with Crippen LogP contribution in [0.2, 0.25) is 5.15 Å². The highest BCUT2D eigenvalue weighted by Gasteiger charge is 2.15. The van der Waals surface area contributed by atoms with E-state index in [4.69, 9.17) is 11.6 Å². The van der Waals surface area contributed by atoms with Gasteiger partial charge in [-0.1, -0.05) is 11.6 Å².